The molecular formula is C17H22O2. The Morgan fingerprint density at radius 2 is 2.05 bits per heavy atom. The third-order valence-electron chi connectivity index (χ3n) is 4.73. The van der Waals surface area contributed by atoms with Gasteiger partial charge in [-0.1, -0.05) is 36.9 Å². The molecule has 3 atom stereocenters. The Balaban J connectivity index is 1.78. The van der Waals surface area contributed by atoms with E-state index in [1.54, 1.807) is 0 Å². The van der Waals surface area contributed by atoms with E-state index in [-0.39, 0.29) is 5.60 Å². The van der Waals surface area contributed by atoms with Gasteiger partial charge in [-0.15, -0.1) is 0 Å². The first-order valence-corrected chi connectivity index (χ1v) is 7.27. The summed E-state index contributed by atoms with van der Waals surface area (Å²) in [7, 11) is 0. The second kappa shape index (κ2) is 5.38. The van der Waals surface area contributed by atoms with Gasteiger partial charge in [-0.2, -0.15) is 0 Å². The van der Waals surface area contributed by atoms with Gasteiger partial charge in [0.2, 0.25) is 0 Å². The highest BCUT2D eigenvalue weighted by Crippen LogP contribution is 2.57. The van der Waals surface area contributed by atoms with Crippen molar-refractivity contribution in [2.45, 2.75) is 31.3 Å². The van der Waals surface area contributed by atoms with Gasteiger partial charge in [0.15, 0.2) is 0 Å². The standard InChI is InChI=1S/C17H22O2/c1-2-18-10-11-19-17(15-6-4-3-5-7-15)13-14-8-9-16(17)12-14/h2-7,14,16H,1,8-13H2. The van der Waals surface area contributed by atoms with Crippen molar-refractivity contribution < 1.29 is 9.47 Å². The summed E-state index contributed by atoms with van der Waals surface area (Å²) in [5.74, 6) is 1.54. The lowest BCUT2D eigenvalue weighted by Gasteiger charge is -2.38. The number of hydrogen-bond acceptors (Lipinski definition) is 2. The zero-order valence-corrected chi connectivity index (χ0v) is 11.4. The lowest BCUT2D eigenvalue weighted by molar-refractivity contribution is -0.0996. The van der Waals surface area contributed by atoms with E-state index in [1.165, 1.54) is 37.5 Å². The average Bonchev–Trinajstić information content (AvgIpc) is 3.06. The van der Waals surface area contributed by atoms with Crippen LogP contribution in [0.1, 0.15) is 31.2 Å². The minimum Gasteiger partial charge on any atom is -0.499 e. The maximum absolute atomic E-state index is 6.34. The van der Waals surface area contributed by atoms with Crippen LogP contribution in [0.3, 0.4) is 0 Å². The van der Waals surface area contributed by atoms with E-state index in [9.17, 15) is 0 Å². The minimum absolute atomic E-state index is 0.0608. The Bertz CT molecular complexity index is 428. The van der Waals surface area contributed by atoms with E-state index in [0.717, 1.165) is 5.92 Å². The van der Waals surface area contributed by atoms with E-state index in [1.807, 2.05) is 0 Å². The maximum Gasteiger partial charge on any atom is 0.111 e. The Hall–Kier alpha value is -1.28. The molecule has 0 radical (unpaired) electrons. The zero-order chi connectivity index (χ0) is 13.1. The zero-order valence-electron chi connectivity index (χ0n) is 11.4. The molecule has 2 bridgehead atoms. The molecular weight excluding hydrogens is 236 g/mol. The molecule has 1 aromatic carbocycles. The van der Waals surface area contributed by atoms with Gasteiger partial charge in [-0.3, -0.25) is 0 Å². The molecule has 1 aromatic rings. The van der Waals surface area contributed by atoms with Gasteiger partial charge < -0.3 is 9.47 Å². The van der Waals surface area contributed by atoms with Crippen molar-refractivity contribution in [3.05, 3.63) is 48.7 Å². The number of fused-ring (bicyclic) bond motifs is 2. The van der Waals surface area contributed by atoms with E-state index >= 15 is 0 Å². The molecule has 2 aliphatic rings. The first kappa shape index (κ1) is 12.7. The van der Waals surface area contributed by atoms with Crippen LogP contribution in [0.5, 0.6) is 0 Å². The van der Waals surface area contributed by atoms with Gasteiger partial charge in [-0.05, 0) is 43.1 Å². The summed E-state index contributed by atoms with van der Waals surface area (Å²) >= 11 is 0. The van der Waals surface area contributed by atoms with Crippen molar-refractivity contribution in [2.75, 3.05) is 13.2 Å². The van der Waals surface area contributed by atoms with E-state index in [4.69, 9.17) is 9.47 Å². The quantitative estimate of drug-likeness (QED) is 0.569. The van der Waals surface area contributed by atoms with Crippen molar-refractivity contribution in [1.29, 1.82) is 0 Å². The predicted octanol–water partition coefficient (Wildman–Crippen LogP) is 3.88. The van der Waals surface area contributed by atoms with Crippen LogP contribution in [0.4, 0.5) is 0 Å². The van der Waals surface area contributed by atoms with Crippen LogP contribution in [-0.4, -0.2) is 13.2 Å². The second-order valence-corrected chi connectivity index (χ2v) is 5.72. The largest absolute Gasteiger partial charge is 0.499 e. The molecule has 3 rings (SSSR count). The molecule has 0 saturated heterocycles. The van der Waals surface area contributed by atoms with E-state index < -0.39 is 0 Å². The third kappa shape index (κ3) is 2.30. The summed E-state index contributed by atoms with van der Waals surface area (Å²) < 4.78 is 11.5. The Kier molecular flexibility index (Phi) is 3.61. The molecule has 2 saturated carbocycles. The highest BCUT2D eigenvalue weighted by atomic mass is 16.5. The normalized spacial score (nSPS) is 32.4. The molecule has 3 unspecified atom stereocenters. The van der Waals surface area contributed by atoms with E-state index in [0.29, 0.717) is 19.1 Å². The fourth-order valence-corrected chi connectivity index (χ4v) is 3.97. The predicted molar refractivity (Wildman–Crippen MR) is 75.7 cm³/mol. The monoisotopic (exact) mass is 258 g/mol. The summed E-state index contributed by atoms with van der Waals surface area (Å²) in [5, 5.41) is 0. The van der Waals surface area contributed by atoms with Gasteiger partial charge in [0.25, 0.3) is 0 Å². The molecule has 0 heterocycles. The van der Waals surface area contributed by atoms with Crippen LogP contribution in [0.2, 0.25) is 0 Å². The number of hydrogen-bond donors (Lipinski definition) is 0. The molecule has 2 fully saturated rings. The third-order valence-corrected chi connectivity index (χ3v) is 4.73. The van der Waals surface area contributed by atoms with Gasteiger partial charge in [0.1, 0.15) is 6.61 Å². The number of benzene rings is 1. The average molecular weight is 258 g/mol. The van der Waals surface area contributed by atoms with Gasteiger partial charge in [0.05, 0.1) is 18.5 Å². The lowest BCUT2D eigenvalue weighted by atomic mass is 9.78. The molecule has 0 N–H and O–H groups in total. The molecule has 2 heteroatoms. The highest BCUT2D eigenvalue weighted by molar-refractivity contribution is 5.26. The fraction of sp³-hybridized carbons (Fsp3) is 0.529. The van der Waals surface area contributed by atoms with Gasteiger partial charge in [0, 0.05) is 0 Å². The van der Waals surface area contributed by atoms with Crippen LogP contribution < -0.4 is 0 Å². The van der Waals surface area contributed by atoms with Crippen molar-refractivity contribution in [1.82, 2.24) is 0 Å². The molecule has 2 aliphatic carbocycles. The van der Waals surface area contributed by atoms with Crippen LogP contribution >= 0.6 is 0 Å². The molecule has 0 aliphatic heterocycles. The summed E-state index contributed by atoms with van der Waals surface area (Å²) in [6, 6.07) is 10.7. The maximum atomic E-state index is 6.34. The molecule has 102 valence electrons. The SMILES string of the molecule is C=COCCOC1(c2ccccc2)CC2CCC1C2. The van der Waals surface area contributed by atoms with Gasteiger partial charge in [-0.25, -0.2) is 0 Å². The fourth-order valence-electron chi connectivity index (χ4n) is 3.97. The summed E-state index contributed by atoms with van der Waals surface area (Å²) in [4.78, 5) is 0. The molecule has 19 heavy (non-hydrogen) atoms. The Morgan fingerprint density at radius 1 is 1.21 bits per heavy atom. The molecule has 0 aromatic heterocycles. The van der Waals surface area contributed by atoms with Gasteiger partial charge >= 0.3 is 0 Å². The molecule has 0 spiro atoms. The van der Waals surface area contributed by atoms with E-state index in [2.05, 4.69) is 36.9 Å². The first-order chi connectivity index (χ1) is 9.35. The van der Waals surface area contributed by atoms with Crippen LogP contribution in [0.15, 0.2) is 43.2 Å². The smallest absolute Gasteiger partial charge is 0.111 e. The highest BCUT2D eigenvalue weighted by Gasteiger charge is 2.52. The van der Waals surface area contributed by atoms with Crippen molar-refractivity contribution in [2.24, 2.45) is 11.8 Å². The second-order valence-electron chi connectivity index (χ2n) is 5.72. The first-order valence-electron chi connectivity index (χ1n) is 7.27. The topological polar surface area (TPSA) is 18.5 Å². The summed E-state index contributed by atoms with van der Waals surface area (Å²) in [5.41, 5.74) is 1.29. The summed E-state index contributed by atoms with van der Waals surface area (Å²) in [6.45, 7) is 4.80. The lowest BCUT2D eigenvalue weighted by Crippen LogP contribution is -2.36. The number of rotatable bonds is 6. The van der Waals surface area contributed by atoms with Crippen LogP contribution in [-0.2, 0) is 15.1 Å². The van der Waals surface area contributed by atoms with Crippen molar-refractivity contribution >= 4 is 0 Å². The van der Waals surface area contributed by atoms with Crippen molar-refractivity contribution in [3.63, 3.8) is 0 Å². The summed E-state index contributed by atoms with van der Waals surface area (Å²) in [6.07, 6.45) is 6.68. The molecule has 2 nitrogen and oxygen atoms in total. The minimum atomic E-state index is -0.0608. The molecule has 0 amide bonds. The Morgan fingerprint density at radius 3 is 2.68 bits per heavy atom. The van der Waals surface area contributed by atoms with Crippen LogP contribution in [0.25, 0.3) is 0 Å². The number of ether oxygens (including phenoxy) is 2. The van der Waals surface area contributed by atoms with Crippen LogP contribution in [0, 0.1) is 11.8 Å². The van der Waals surface area contributed by atoms with Crippen molar-refractivity contribution in [3.8, 4) is 0 Å². The Labute approximate surface area is 115 Å².